The number of ether oxygens (including phenoxy) is 3. The van der Waals surface area contributed by atoms with Gasteiger partial charge >= 0.3 is 17.9 Å². The first kappa shape index (κ1) is 56.4. The minimum Gasteiger partial charge on any atom is -0.462 e. The van der Waals surface area contributed by atoms with E-state index in [4.69, 9.17) is 14.2 Å². The van der Waals surface area contributed by atoms with Crippen LogP contribution in [0.15, 0.2) is 0 Å². The molecule has 0 aromatic rings. The van der Waals surface area contributed by atoms with Crippen LogP contribution in [-0.4, -0.2) is 37.2 Å². The summed E-state index contributed by atoms with van der Waals surface area (Å²) < 4.78 is 16.8. The Morgan fingerprint density at radius 3 is 0.845 bits per heavy atom. The molecule has 0 radical (unpaired) electrons. The number of hydrogen-bond donors (Lipinski definition) is 0. The second-order valence-corrected chi connectivity index (χ2v) is 18.3. The summed E-state index contributed by atoms with van der Waals surface area (Å²) in [4.78, 5) is 37.9. The van der Waals surface area contributed by atoms with Gasteiger partial charge in [-0.25, -0.2) is 0 Å². The summed E-state index contributed by atoms with van der Waals surface area (Å²) in [5, 5.41) is 0. The predicted octanol–water partition coefficient (Wildman–Crippen LogP) is 16.7. The molecule has 6 heteroatoms. The van der Waals surface area contributed by atoms with Crippen molar-refractivity contribution >= 4 is 17.9 Å². The molecule has 0 N–H and O–H groups in total. The molecular weight excluding hydrogens is 721 g/mol. The fraction of sp³-hybridized carbons (Fsp3) is 0.942. The van der Waals surface area contributed by atoms with Gasteiger partial charge in [-0.3, -0.25) is 14.4 Å². The molecule has 0 saturated carbocycles. The van der Waals surface area contributed by atoms with Gasteiger partial charge in [0.1, 0.15) is 13.2 Å². The monoisotopic (exact) mass is 821 g/mol. The highest BCUT2D eigenvalue weighted by Crippen LogP contribution is 2.17. The normalized spacial score (nSPS) is 11.9. The molecule has 0 amide bonds. The topological polar surface area (TPSA) is 78.9 Å². The number of carbonyl (C=O) groups excluding carboxylic acids is 3. The van der Waals surface area contributed by atoms with Crippen molar-refractivity contribution in [2.45, 2.75) is 297 Å². The van der Waals surface area contributed by atoms with Crippen LogP contribution in [0.25, 0.3) is 0 Å². The zero-order chi connectivity index (χ0) is 42.4. The van der Waals surface area contributed by atoms with Crippen LogP contribution in [0.1, 0.15) is 291 Å². The second-order valence-electron chi connectivity index (χ2n) is 18.3. The molecular formula is C52H100O6. The predicted molar refractivity (Wildman–Crippen MR) is 247 cm³/mol. The number of hydrogen-bond acceptors (Lipinski definition) is 6. The molecule has 0 aliphatic carbocycles. The molecule has 0 rings (SSSR count). The average Bonchev–Trinajstić information content (AvgIpc) is 3.21. The van der Waals surface area contributed by atoms with Crippen LogP contribution in [0.5, 0.6) is 0 Å². The third kappa shape index (κ3) is 45.5. The maximum atomic E-state index is 12.8. The van der Waals surface area contributed by atoms with Gasteiger partial charge < -0.3 is 14.2 Å². The van der Waals surface area contributed by atoms with E-state index in [0.717, 1.165) is 63.7 Å². The van der Waals surface area contributed by atoms with Gasteiger partial charge in [-0.2, -0.15) is 0 Å². The molecule has 1 atom stereocenters. The number of esters is 3. The van der Waals surface area contributed by atoms with Crippen molar-refractivity contribution in [1.82, 2.24) is 0 Å². The maximum absolute atomic E-state index is 12.8. The summed E-state index contributed by atoms with van der Waals surface area (Å²) in [5.41, 5.74) is 0. The largest absolute Gasteiger partial charge is 0.462 e. The van der Waals surface area contributed by atoms with Gasteiger partial charge in [0.2, 0.25) is 0 Å². The Hall–Kier alpha value is -1.59. The molecule has 344 valence electrons. The number of carbonyl (C=O) groups is 3. The van der Waals surface area contributed by atoms with E-state index in [0.29, 0.717) is 19.3 Å². The average molecular weight is 821 g/mol. The first-order valence-corrected chi connectivity index (χ1v) is 25.9. The summed E-state index contributed by atoms with van der Waals surface area (Å²) in [7, 11) is 0. The van der Waals surface area contributed by atoms with Crippen LogP contribution in [-0.2, 0) is 28.6 Å². The molecule has 0 bridgehead atoms. The fourth-order valence-corrected chi connectivity index (χ4v) is 7.86. The van der Waals surface area contributed by atoms with Crippen molar-refractivity contribution < 1.29 is 28.6 Å². The molecule has 0 aliphatic rings. The van der Waals surface area contributed by atoms with E-state index in [-0.39, 0.29) is 31.1 Å². The van der Waals surface area contributed by atoms with Gasteiger partial charge in [0.05, 0.1) is 0 Å². The van der Waals surface area contributed by atoms with Crippen molar-refractivity contribution in [3.63, 3.8) is 0 Å². The van der Waals surface area contributed by atoms with Gasteiger partial charge in [-0.15, -0.1) is 0 Å². The fourth-order valence-electron chi connectivity index (χ4n) is 7.86. The van der Waals surface area contributed by atoms with Crippen molar-refractivity contribution in [3.8, 4) is 0 Å². The smallest absolute Gasteiger partial charge is 0.306 e. The lowest BCUT2D eigenvalue weighted by molar-refractivity contribution is -0.167. The van der Waals surface area contributed by atoms with Gasteiger partial charge in [0, 0.05) is 19.3 Å². The summed E-state index contributed by atoms with van der Waals surface area (Å²) >= 11 is 0. The van der Waals surface area contributed by atoms with E-state index in [1.54, 1.807) is 0 Å². The quantitative estimate of drug-likeness (QED) is 0.0346. The molecule has 0 saturated heterocycles. The van der Waals surface area contributed by atoms with E-state index in [9.17, 15) is 14.4 Å². The van der Waals surface area contributed by atoms with E-state index in [1.165, 1.54) is 186 Å². The lowest BCUT2D eigenvalue weighted by atomic mass is 10.0. The van der Waals surface area contributed by atoms with Crippen molar-refractivity contribution in [1.29, 1.82) is 0 Å². The highest BCUT2D eigenvalue weighted by Gasteiger charge is 2.19. The third-order valence-electron chi connectivity index (χ3n) is 11.8. The van der Waals surface area contributed by atoms with E-state index in [1.807, 2.05) is 0 Å². The Morgan fingerprint density at radius 1 is 0.328 bits per heavy atom. The molecule has 0 heterocycles. The van der Waals surface area contributed by atoms with Crippen LogP contribution in [0, 0.1) is 5.92 Å². The standard InChI is InChI=1S/C52H100O6/c1-5-7-9-11-13-15-17-19-20-24-28-32-36-40-44-51(54)57-47-49(46-56-50(53)43-39-35-31-27-23-18-16-14-12-10-8-6-2)58-52(55)45-41-37-33-29-25-21-22-26-30-34-38-42-48(3)4/h48-49H,5-47H2,1-4H3/t49-/m1/s1. The van der Waals surface area contributed by atoms with E-state index < -0.39 is 6.10 Å². The summed E-state index contributed by atoms with van der Waals surface area (Å²) in [6, 6.07) is 0. The number of unbranched alkanes of at least 4 members (excludes halogenated alkanes) is 34. The lowest BCUT2D eigenvalue weighted by Crippen LogP contribution is -2.30. The Balaban J connectivity index is 4.31. The number of rotatable bonds is 47. The summed E-state index contributed by atoms with van der Waals surface area (Å²) in [5.74, 6) is -0.0193. The first-order valence-electron chi connectivity index (χ1n) is 25.9. The zero-order valence-electron chi connectivity index (χ0n) is 39.5. The Bertz CT molecular complexity index is 872. The SMILES string of the molecule is CCCCCCCCCCCCCCCCC(=O)OC[C@@H](COC(=O)CCCCCCCCCCCCCC)OC(=O)CCCCCCCCCCCCCC(C)C. The molecule has 6 nitrogen and oxygen atoms in total. The summed E-state index contributed by atoms with van der Waals surface area (Å²) in [6.45, 7) is 9.02. The third-order valence-corrected chi connectivity index (χ3v) is 11.8. The van der Waals surface area contributed by atoms with Crippen LogP contribution < -0.4 is 0 Å². The highest BCUT2D eigenvalue weighted by molar-refractivity contribution is 5.71. The molecule has 0 aliphatic heterocycles. The van der Waals surface area contributed by atoms with Crippen molar-refractivity contribution in [2.24, 2.45) is 5.92 Å². The van der Waals surface area contributed by atoms with E-state index in [2.05, 4.69) is 27.7 Å². The minimum atomic E-state index is -0.760. The second kappa shape index (κ2) is 46.5. The molecule has 0 unspecified atom stereocenters. The molecule has 0 aromatic heterocycles. The molecule has 0 aromatic carbocycles. The van der Waals surface area contributed by atoms with Gasteiger partial charge in [-0.1, -0.05) is 252 Å². The van der Waals surface area contributed by atoms with Crippen molar-refractivity contribution in [2.75, 3.05) is 13.2 Å². The van der Waals surface area contributed by atoms with Gasteiger partial charge in [0.25, 0.3) is 0 Å². The zero-order valence-corrected chi connectivity index (χ0v) is 39.5. The first-order chi connectivity index (χ1) is 28.4. The summed E-state index contributed by atoms with van der Waals surface area (Å²) in [6.07, 6.45) is 47.9. The van der Waals surface area contributed by atoms with Crippen molar-refractivity contribution in [3.05, 3.63) is 0 Å². The molecule has 0 fully saturated rings. The Kier molecular flexibility index (Phi) is 45.2. The maximum Gasteiger partial charge on any atom is 0.306 e. The van der Waals surface area contributed by atoms with Crippen LogP contribution in [0.4, 0.5) is 0 Å². The minimum absolute atomic E-state index is 0.0627. The Morgan fingerprint density at radius 2 is 0.569 bits per heavy atom. The highest BCUT2D eigenvalue weighted by atomic mass is 16.6. The van der Waals surface area contributed by atoms with Crippen LogP contribution >= 0.6 is 0 Å². The molecule has 58 heavy (non-hydrogen) atoms. The lowest BCUT2D eigenvalue weighted by Gasteiger charge is -2.18. The molecule has 0 spiro atoms. The Labute approximate surface area is 361 Å². The van der Waals surface area contributed by atoms with Gasteiger partial charge in [-0.05, 0) is 25.2 Å². The van der Waals surface area contributed by atoms with Crippen LogP contribution in [0.2, 0.25) is 0 Å². The van der Waals surface area contributed by atoms with E-state index >= 15 is 0 Å². The van der Waals surface area contributed by atoms with Crippen LogP contribution in [0.3, 0.4) is 0 Å². The van der Waals surface area contributed by atoms with Gasteiger partial charge in [0.15, 0.2) is 6.10 Å².